The number of benzene rings is 2. The molecule has 0 saturated carbocycles. The van der Waals surface area contributed by atoms with Crippen LogP contribution < -0.4 is 5.32 Å². The molecule has 1 aliphatic heterocycles. The summed E-state index contributed by atoms with van der Waals surface area (Å²) in [5.74, 6) is -0.803. The van der Waals surface area contributed by atoms with Gasteiger partial charge in [0, 0.05) is 12.1 Å². The van der Waals surface area contributed by atoms with E-state index in [4.69, 9.17) is 5.11 Å². The molecular weight excluding hydrogens is 378 g/mol. The molecule has 1 heterocycles. The summed E-state index contributed by atoms with van der Waals surface area (Å²) in [5, 5.41) is 10.1. The van der Waals surface area contributed by atoms with Crippen molar-refractivity contribution >= 4 is 26.3 Å². The molecule has 0 saturated heterocycles. The van der Waals surface area contributed by atoms with Crippen LogP contribution in [0, 0.1) is 0 Å². The van der Waals surface area contributed by atoms with Crippen molar-refractivity contribution in [1.82, 2.24) is 5.32 Å². The maximum absolute atomic E-state index is 13.0. The molecule has 0 fully saturated rings. The average Bonchev–Trinajstić information content (AvgIpc) is 2.92. The molecule has 0 bridgehead atoms. The summed E-state index contributed by atoms with van der Waals surface area (Å²) < 4.78 is 46.7. The van der Waals surface area contributed by atoms with Crippen molar-refractivity contribution in [2.45, 2.75) is 15.0 Å². The van der Waals surface area contributed by atoms with Crippen LogP contribution in [0.5, 0.6) is 0 Å². The molecule has 2 aromatic carbocycles. The van der Waals surface area contributed by atoms with E-state index in [0.717, 1.165) is 0 Å². The van der Waals surface area contributed by atoms with Gasteiger partial charge in [-0.2, -0.15) is 10.6 Å². The minimum atomic E-state index is -3.85. The first kappa shape index (κ1) is 18.9. The number of rotatable bonds is 5. The Balaban J connectivity index is 2.06. The first-order valence-electron chi connectivity index (χ1n) is 7.85. The lowest BCUT2D eigenvalue weighted by Gasteiger charge is -2.27. The second-order valence-electron chi connectivity index (χ2n) is 5.91. The lowest BCUT2D eigenvalue weighted by Crippen LogP contribution is -2.26. The van der Waals surface area contributed by atoms with Gasteiger partial charge in [-0.1, -0.05) is 18.2 Å². The molecule has 0 aliphatic carbocycles. The van der Waals surface area contributed by atoms with Crippen molar-refractivity contribution in [2.75, 3.05) is 18.9 Å². The summed E-state index contributed by atoms with van der Waals surface area (Å²) in [7, 11) is -7.11. The molecule has 1 aliphatic rings. The highest BCUT2D eigenvalue weighted by molar-refractivity contribution is 8.25. The SMILES string of the molecule is O=C(NCCO)c1ccc2c(c1)C(S(=O)(=O)c1ccccc1)CS2(O)O. The van der Waals surface area contributed by atoms with E-state index < -0.39 is 31.6 Å². The fourth-order valence-corrected chi connectivity index (χ4v) is 7.33. The Morgan fingerprint density at radius 2 is 1.85 bits per heavy atom. The van der Waals surface area contributed by atoms with E-state index in [1.807, 2.05) is 0 Å². The van der Waals surface area contributed by atoms with Crippen LogP contribution in [0.15, 0.2) is 58.3 Å². The Labute approximate surface area is 153 Å². The monoisotopic (exact) mass is 397 g/mol. The number of aliphatic hydroxyl groups excluding tert-OH is 1. The minimum absolute atomic E-state index is 0.0663. The van der Waals surface area contributed by atoms with Gasteiger partial charge in [0.2, 0.25) is 0 Å². The van der Waals surface area contributed by atoms with Gasteiger partial charge in [-0.05, 0) is 35.9 Å². The topological polar surface area (TPSA) is 124 Å². The van der Waals surface area contributed by atoms with Crippen molar-refractivity contribution in [1.29, 1.82) is 0 Å². The molecule has 0 spiro atoms. The van der Waals surface area contributed by atoms with Gasteiger partial charge in [0.15, 0.2) is 9.84 Å². The van der Waals surface area contributed by atoms with Crippen molar-refractivity contribution in [3.05, 3.63) is 59.7 Å². The van der Waals surface area contributed by atoms with Crippen molar-refractivity contribution < 1.29 is 27.4 Å². The van der Waals surface area contributed by atoms with Gasteiger partial charge in [0.1, 0.15) is 5.25 Å². The average molecular weight is 397 g/mol. The molecule has 3 rings (SSSR count). The number of hydrogen-bond donors (Lipinski definition) is 4. The summed E-state index contributed by atoms with van der Waals surface area (Å²) in [6.45, 7) is -0.154. The number of hydrogen-bond acceptors (Lipinski definition) is 6. The molecule has 1 unspecified atom stereocenters. The molecule has 1 atom stereocenters. The van der Waals surface area contributed by atoms with Crippen molar-refractivity contribution in [3.63, 3.8) is 0 Å². The maximum atomic E-state index is 13.0. The molecule has 0 radical (unpaired) electrons. The minimum Gasteiger partial charge on any atom is -0.395 e. The number of aliphatic hydroxyl groups is 1. The van der Waals surface area contributed by atoms with Gasteiger partial charge < -0.3 is 10.4 Å². The molecule has 0 aromatic heterocycles. The summed E-state index contributed by atoms with van der Waals surface area (Å²) in [6, 6.07) is 12.0. The Hall–Kier alpha value is -1.91. The van der Waals surface area contributed by atoms with Crippen LogP contribution in [0.2, 0.25) is 0 Å². The third-order valence-electron chi connectivity index (χ3n) is 4.20. The normalized spacial score (nSPS) is 19.6. The van der Waals surface area contributed by atoms with Crippen molar-refractivity contribution in [3.8, 4) is 0 Å². The molecule has 9 heteroatoms. The number of nitrogens with one attached hydrogen (secondary N) is 1. The largest absolute Gasteiger partial charge is 0.395 e. The van der Waals surface area contributed by atoms with Crippen LogP contribution in [-0.2, 0) is 9.84 Å². The zero-order chi connectivity index (χ0) is 18.9. The van der Waals surface area contributed by atoms with Crippen LogP contribution in [0.25, 0.3) is 0 Å². The quantitative estimate of drug-likeness (QED) is 0.612. The second kappa shape index (κ2) is 7.01. The third kappa shape index (κ3) is 3.36. The van der Waals surface area contributed by atoms with Gasteiger partial charge >= 0.3 is 0 Å². The zero-order valence-electron chi connectivity index (χ0n) is 13.7. The molecule has 1 amide bonds. The highest BCUT2D eigenvalue weighted by Crippen LogP contribution is 2.61. The number of carbonyl (C=O) groups excluding carboxylic acids is 1. The number of amides is 1. The molecule has 26 heavy (non-hydrogen) atoms. The van der Waals surface area contributed by atoms with Gasteiger partial charge in [0.25, 0.3) is 5.91 Å². The van der Waals surface area contributed by atoms with Crippen LogP contribution in [0.3, 0.4) is 0 Å². The highest BCUT2D eigenvalue weighted by Gasteiger charge is 2.43. The van der Waals surface area contributed by atoms with Crippen molar-refractivity contribution in [2.24, 2.45) is 0 Å². The fraction of sp³-hybridized carbons (Fsp3) is 0.235. The zero-order valence-corrected chi connectivity index (χ0v) is 15.3. The summed E-state index contributed by atoms with van der Waals surface area (Å²) >= 11 is 0. The van der Waals surface area contributed by atoms with Gasteiger partial charge in [-0.3, -0.25) is 13.9 Å². The number of sulfone groups is 1. The maximum Gasteiger partial charge on any atom is 0.251 e. The predicted octanol–water partition coefficient (Wildman–Crippen LogP) is 2.05. The summed E-state index contributed by atoms with van der Waals surface area (Å²) in [4.78, 5) is 12.3. The van der Waals surface area contributed by atoms with E-state index >= 15 is 0 Å². The third-order valence-corrected chi connectivity index (χ3v) is 8.38. The number of carbonyl (C=O) groups is 1. The van der Waals surface area contributed by atoms with E-state index in [-0.39, 0.29) is 39.8 Å². The first-order chi connectivity index (χ1) is 12.3. The van der Waals surface area contributed by atoms with Gasteiger partial charge in [-0.15, -0.1) is 0 Å². The first-order valence-corrected chi connectivity index (χ1v) is 11.1. The Bertz CT molecular complexity index is 928. The Morgan fingerprint density at radius 1 is 1.15 bits per heavy atom. The van der Waals surface area contributed by atoms with E-state index in [1.54, 1.807) is 18.2 Å². The van der Waals surface area contributed by atoms with E-state index in [2.05, 4.69) is 5.32 Å². The van der Waals surface area contributed by atoms with Gasteiger partial charge in [-0.25, -0.2) is 8.42 Å². The lowest BCUT2D eigenvalue weighted by molar-refractivity contribution is 0.0944. The van der Waals surface area contributed by atoms with Gasteiger partial charge in [0.05, 0.1) is 22.2 Å². The summed E-state index contributed by atoms with van der Waals surface area (Å²) in [6.07, 6.45) is 0. The molecular formula is C17H19NO6S2. The molecule has 4 N–H and O–H groups in total. The Morgan fingerprint density at radius 3 is 2.50 bits per heavy atom. The van der Waals surface area contributed by atoms with Crippen LogP contribution in [0.1, 0.15) is 21.2 Å². The standard InChI is InChI=1S/C17H19NO6S2/c19-9-8-18-17(20)12-6-7-15-14(10-12)16(11-25(15,21)22)26(23,24)13-4-2-1-3-5-13/h1-7,10,16,19,21-22H,8-9,11H2,(H,18,20). The molecule has 7 nitrogen and oxygen atoms in total. The smallest absolute Gasteiger partial charge is 0.251 e. The highest BCUT2D eigenvalue weighted by atomic mass is 32.3. The van der Waals surface area contributed by atoms with Crippen LogP contribution >= 0.6 is 10.6 Å². The second-order valence-corrected chi connectivity index (χ2v) is 10.1. The van der Waals surface area contributed by atoms with Crippen LogP contribution in [-0.4, -0.2) is 47.4 Å². The van der Waals surface area contributed by atoms with Crippen LogP contribution in [0.4, 0.5) is 0 Å². The number of fused-ring (bicyclic) bond motifs is 1. The van der Waals surface area contributed by atoms with E-state index in [9.17, 15) is 22.3 Å². The molecule has 2 aromatic rings. The van der Waals surface area contributed by atoms with E-state index in [1.165, 1.54) is 30.3 Å². The summed E-state index contributed by atoms with van der Waals surface area (Å²) in [5.41, 5.74) is 0.424. The Kier molecular flexibility index (Phi) is 5.09. The van der Waals surface area contributed by atoms with E-state index in [0.29, 0.717) is 0 Å². The molecule has 140 valence electrons. The predicted molar refractivity (Wildman–Crippen MR) is 98.2 cm³/mol. The lowest BCUT2D eigenvalue weighted by atomic mass is 10.1. The fourth-order valence-electron chi connectivity index (χ4n) is 2.93.